The lowest BCUT2D eigenvalue weighted by Crippen LogP contribution is -2.07. The smallest absolute Gasteiger partial charge is 0.159 e. The van der Waals surface area contributed by atoms with E-state index in [0.29, 0.717) is 30.3 Å². The number of rotatable bonds is 15. The van der Waals surface area contributed by atoms with Crippen molar-refractivity contribution < 1.29 is 18.9 Å². The molecule has 0 fully saturated rings. The van der Waals surface area contributed by atoms with Gasteiger partial charge in [0.05, 0.1) is 57.8 Å². The number of unbranched alkanes of at least 4 members (excludes halogenated alkanes) is 3. The van der Waals surface area contributed by atoms with Crippen molar-refractivity contribution in [1.29, 1.82) is 5.26 Å². The van der Waals surface area contributed by atoms with E-state index in [1.165, 1.54) is 5.56 Å². The Hall–Kier alpha value is -4.97. The maximum absolute atomic E-state index is 8.97. The maximum atomic E-state index is 8.97. The number of aromatic nitrogens is 3. The number of pyridine rings is 1. The number of nitrogens with zero attached hydrogens (tertiary/aromatic N) is 4. The normalized spacial score (nSPS) is 11.0. The summed E-state index contributed by atoms with van der Waals surface area (Å²) in [5.74, 6) is 4.50. The molecule has 0 spiro atoms. The van der Waals surface area contributed by atoms with Crippen molar-refractivity contribution in [2.45, 2.75) is 58.4 Å². The van der Waals surface area contributed by atoms with Crippen LogP contribution in [0.1, 0.15) is 56.0 Å². The molecule has 0 bridgehead atoms. The third-order valence-corrected chi connectivity index (χ3v) is 8.06. The first kappa shape index (κ1) is 31.5. The fourth-order valence-corrected chi connectivity index (χ4v) is 5.63. The molecule has 3 aromatic carbocycles. The summed E-state index contributed by atoms with van der Waals surface area (Å²) in [6.45, 7) is 2.76. The van der Waals surface area contributed by atoms with Gasteiger partial charge in [0.25, 0.3) is 0 Å². The first-order valence-corrected chi connectivity index (χ1v) is 15.4. The third-order valence-electron chi connectivity index (χ3n) is 8.06. The average molecular weight is 608 g/mol. The summed E-state index contributed by atoms with van der Waals surface area (Å²) in [6, 6.07) is 20.3. The topological polar surface area (TPSA) is 103 Å². The SMILES string of the molecule is CCCCc1nc2c(Nc3ccc(OC)cc3OC)nc3cc(CCCCC#N)ccc3c2n1Cc1ccc(OC)cc1OC. The highest BCUT2D eigenvalue weighted by Gasteiger charge is 2.21. The number of benzene rings is 3. The van der Waals surface area contributed by atoms with E-state index in [4.69, 9.17) is 34.2 Å². The van der Waals surface area contributed by atoms with Crippen LogP contribution in [0.3, 0.4) is 0 Å². The minimum absolute atomic E-state index is 0.568. The van der Waals surface area contributed by atoms with Gasteiger partial charge < -0.3 is 28.8 Å². The highest BCUT2D eigenvalue weighted by atomic mass is 16.5. The van der Waals surface area contributed by atoms with Crippen molar-refractivity contribution in [2.24, 2.45) is 0 Å². The zero-order valence-electron chi connectivity index (χ0n) is 26.8. The Labute approximate surface area is 264 Å². The van der Waals surface area contributed by atoms with Crippen LogP contribution in [0.5, 0.6) is 23.0 Å². The Morgan fingerprint density at radius 2 is 1.56 bits per heavy atom. The maximum Gasteiger partial charge on any atom is 0.159 e. The Bertz CT molecular complexity index is 1820. The molecule has 0 aliphatic heterocycles. The van der Waals surface area contributed by atoms with Crippen molar-refractivity contribution in [3.05, 3.63) is 71.5 Å². The predicted molar refractivity (Wildman–Crippen MR) is 178 cm³/mol. The lowest BCUT2D eigenvalue weighted by molar-refractivity contribution is 0.390. The van der Waals surface area contributed by atoms with Gasteiger partial charge in [-0.15, -0.1) is 0 Å². The summed E-state index contributed by atoms with van der Waals surface area (Å²) in [6.07, 6.45) is 6.17. The fraction of sp³-hybridized carbons (Fsp3) is 0.361. The number of methoxy groups -OCH3 is 4. The highest BCUT2D eigenvalue weighted by molar-refractivity contribution is 6.08. The number of nitrogens with one attached hydrogen (secondary N) is 1. The van der Waals surface area contributed by atoms with E-state index < -0.39 is 0 Å². The molecule has 0 unspecified atom stereocenters. The molecule has 45 heavy (non-hydrogen) atoms. The van der Waals surface area contributed by atoms with Gasteiger partial charge in [0, 0.05) is 35.9 Å². The molecular formula is C36H41N5O4. The molecule has 0 aliphatic carbocycles. The van der Waals surface area contributed by atoms with Crippen molar-refractivity contribution in [3.63, 3.8) is 0 Å². The summed E-state index contributed by atoms with van der Waals surface area (Å²) in [5, 5.41) is 13.5. The summed E-state index contributed by atoms with van der Waals surface area (Å²) < 4.78 is 24.7. The average Bonchev–Trinajstić information content (AvgIpc) is 3.44. The molecule has 2 heterocycles. The molecule has 0 amide bonds. The van der Waals surface area contributed by atoms with Crippen LogP contribution in [0.2, 0.25) is 0 Å². The zero-order valence-corrected chi connectivity index (χ0v) is 26.8. The molecule has 2 aromatic heterocycles. The van der Waals surface area contributed by atoms with Gasteiger partial charge in [0.2, 0.25) is 0 Å². The molecule has 0 radical (unpaired) electrons. The lowest BCUT2D eigenvalue weighted by Gasteiger charge is -2.16. The minimum atomic E-state index is 0.568. The van der Waals surface area contributed by atoms with E-state index in [1.807, 2.05) is 30.3 Å². The molecule has 5 rings (SSSR count). The quantitative estimate of drug-likeness (QED) is 0.119. The Balaban J connectivity index is 1.71. The van der Waals surface area contributed by atoms with Gasteiger partial charge in [-0.05, 0) is 61.6 Å². The largest absolute Gasteiger partial charge is 0.497 e. The number of nitriles is 1. The third kappa shape index (κ3) is 6.91. The van der Waals surface area contributed by atoms with Crippen LogP contribution in [0, 0.1) is 11.3 Å². The summed E-state index contributed by atoms with van der Waals surface area (Å²) in [5.41, 5.74) is 5.66. The molecule has 0 saturated carbocycles. The van der Waals surface area contributed by atoms with E-state index in [0.717, 1.165) is 89.0 Å². The molecule has 0 aliphatic rings. The van der Waals surface area contributed by atoms with E-state index in [9.17, 15) is 0 Å². The molecule has 9 nitrogen and oxygen atoms in total. The first-order chi connectivity index (χ1) is 22.0. The minimum Gasteiger partial charge on any atom is -0.497 e. The predicted octanol–water partition coefficient (Wildman–Crippen LogP) is 7.99. The van der Waals surface area contributed by atoms with E-state index in [-0.39, 0.29) is 0 Å². The number of anilines is 2. The standard InChI is InChI=1S/C36H41N5O4/c1-6-7-12-33-40-34-35(41(33)23-25-14-15-26(42-2)21-31(25)44-4)28-17-13-24(11-9-8-10-19-37)20-30(28)39-36(34)38-29-18-16-27(43-3)22-32(29)45-5/h13-18,20-22H,6-12,23H2,1-5H3,(H,38,39). The van der Waals surface area contributed by atoms with Gasteiger partial charge in [-0.3, -0.25) is 0 Å². The van der Waals surface area contributed by atoms with Gasteiger partial charge in [0.15, 0.2) is 5.82 Å². The van der Waals surface area contributed by atoms with Gasteiger partial charge in [-0.2, -0.15) is 5.26 Å². The number of imidazole rings is 1. The van der Waals surface area contributed by atoms with Gasteiger partial charge in [-0.25, -0.2) is 9.97 Å². The Morgan fingerprint density at radius 1 is 0.800 bits per heavy atom. The summed E-state index contributed by atoms with van der Waals surface area (Å²) in [7, 11) is 6.62. The van der Waals surface area contributed by atoms with E-state index in [2.05, 4.69) is 47.1 Å². The molecule has 9 heteroatoms. The van der Waals surface area contributed by atoms with Gasteiger partial charge >= 0.3 is 0 Å². The molecule has 0 atom stereocenters. The number of hydrogen-bond donors (Lipinski definition) is 1. The summed E-state index contributed by atoms with van der Waals surface area (Å²) >= 11 is 0. The van der Waals surface area contributed by atoms with Crippen molar-refractivity contribution in [2.75, 3.05) is 33.8 Å². The second-order valence-corrected chi connectivity index (χ2v) is 11.0. The number of ether oxygens (including phenoxy) is 4. The van der Waals surface area contributed by atoms with Gasteiger partial charge in [0.1, 0.15) is 34.3 Å². The van der Waals surface area contributed by atoms with Crippen LogP contribution in [0.15, 0.2) is 54.6 Å². The molecule has 0 saturated heterocycles. The zero-order chi connectivity index (χ0) is 31.8. The molecule has 5 aromatic rings. The lowest BCUT2D eigenvalue weighted by atomic mass is 10.0. The van der Waals surface area contributed by atoms with Crippen LogP contribution in [0.4, 0.5) is 11.5 Å². The number of fused-ring (bicyclic) bond motifs is 3. The Morgan fingerprint density at radius 3 is 2.27 bits per heavy atom. The van der Waals surface area contributed by atoms with Crippen LogP contribution in [-0.2, 0) is 19.4 Å². The molecule has 1 N–H and O–H groups in total. The summed E-state index contributed by atoms with van der Waals surface area (Å²) in [4.78, 5) is 10.4. The van der Waals surface area contributed by atoms with Crippen molar-refractivity contribution in [3.8, 4) is 29.1 Å². The monoisotopic (exact) mass is 607 g/mol. The van der Waals surface area contributed by atoms with Crippen molar-refractivity contribution in [1.82, 2.24) is 14.5 Å². The Kier molecular flexibility index (Phi) is 10.3. The number of hydrogen-bond acceptors (Lipinski definition) is 8. The van der Waals surface area contributed by atoms with Gasteiger partial charge in [-0.1, -0.05) is 25.5 Å². The second-order valence-electron chi connectivity index (χ2n) is 11.0. The van der Waals surface area contributed by atoms with Crippen LogP contribution >= 0.6 is 0 Å². The fourth-order valence-electron chi connectivity index (χ4n) is 5.63. The number of aryl methyl sites for hydroxylation is 2. The van der Waals surface area contributed by atoms with Crippen molar-refractivity contribution >= 4 is 33.4 Å². The first-order valence-electron chi connectivity index (χ1n) is 15.4. The van der Waals surface area contributed by atoms with Crippen LogP contribution < -0.4 is 24.3 Å². The molecular weight excluding hydrogens is 566 g/mol. The highest BCUT2D eigenvalue weighted by Crippen LogP contribution is 2.37. The van der Waals surface area contributed by atoms with E-state index >= 15 is 0 Å². The molecule has 234 valence electrons. The van der Waals surface area contributed by atoms with Crippen LogP contribution in [0.25, 0.3) is 21.9 Å². The van der Waals surface area contributed by atoms with Crippen LogP contribution in [-0.4, -0.2) is 43.0 Å². The second kappa shape index (κ2) is 14.7. The van der Waals surface area contributed by atoms with E-state index in [1.54, 1.807) is 28.4 Å².